The van der Waals surface area contributed by atoms with Gasteiger partial charge in [0, 0.05) is 26.6 Å². The summed E-state index contributed by atoms with van der Waals surface area (Å²) in [6, 6.07) is 6.02. The molecule has 4 heteroatoms. The Morgan fingerprint density at radius 3 is 3.00 bits per heavy atom. The Labute approximate surface area is 101 Å². The molecule has 0 aliphatic rings. The van der Waals surface area contributed by atoms with Crippen molar-refractivity contribution in [2.45, 2.75) is 19.6 Å². The lowest BCUT2D eigenvalue weighted by molar-refractivity contribution is 0.190. The highest BCUT2D eigenvalue weighted by Gasteiger charge is 2.07. The van der Waals surface area contributed by atoms with Crippen molar-refractivity contribution in [3.05, 3.63) is 44.8 Å². The maximum Gasteiger partial charge on any atom is 0.0911 e. The van der Waals surface area contributed by atoms with Crippen LogP contribution in [0.25, 0.3) is 0 Å². The van der Waals surface area contributed by atoms with Gasteiger partial charge in [-0.05, 0) is 41.1 Å². The molecule has 1 unspecified atom stereocenters. The van der Waals surface area contributed by atoms with Crippen LogP contribution in [0.15, 0.2) is 34.2 Å². The minimum atomic E-state index is -0.414. The zero-order chi connectivity index (χ0) is 10.8. The molecular weight excluding hydrogens is 274 g/mol. The number of aromatic nitrogens is 1. The van der Waals surface area contributed by atoms with Crippen LogP contribution in [0.2, 0.25) is 0 Å². The van der Waals surface area contributed by atoms with Crippen LogP contribution in [0.5, 0.6) is 0 Å². The number of hydrogen-bond acceptors (Lipinski definition) is 2. The van der Waals surface area contributed by atoms with Gasteiger partial charge in [0.2, 0.25) is 0 Å². The van der Waals surface area contributed by atoms with E-state index in [1.165, 1.54) is 4.88 Å². The van der Waals surface area contributed by atoms with E-state index in [0.717, 1.165) is 16.7 Å². The Morgan fingerprint density at radius 1 is 1.60 bits per heavy atom. The Morgan fingerprint density at radius 2 is 2.40 bits per heavy atom. The molecule has 0 radical (unpaired) electrons. The van der Waals surface area contributed by atoms with E-state index < -0.39 is 6.10 Å². The van der Waals surface area contributed by atoms with Gasteiger partial charge in [0.15, 0.2) is 0 Å². The van der Waals surface area contributed by atoms with Crippen molar-refractivity contribution in [1.29, 1.82) is 0 Å². The van der Waals surface area contributed by atoms with E-state index in [1.54, 1.807) is 18.3 Å². The maximum atomic E-state index is 9.55. The first kappa shape index (κ1) is 10.9. The summed E-state index contributed by atoms with van der Waals surface area (Å²) in [6.07, 6.45) is 1.58. The Kier molecular flexibility index (Phi) is 3.29. The van der Waals surface area contributed by atoms with Crippen LogP contribution >= 0.6 is 27.3 Å². The highest BCUT2D eigenvalue weighted by Crippen LogP contribution is 2.22. The van der Waals surface area contributed by atoms with Gasteiger partial charge in [0.05, 0.1) is 12.6 Å². The molecule has 80 valence electrons. The first-order valence-corrected chi connectivity index (χ1v) is 6.40. The molecule has 0 spiro atoms. The molecular formula is C11H12BrNOS. The molecule has 2 aromatic rings. The topological polar surface area (TPSA) is 25.2 Å². The molecule has 2 rings (SSSR count). The van der Waals surface area contributed by atoms with Crippen LogP contribution in [0.4, 0.5) is 0 Å². The summed E-state index contributed by atoms with van der Waals surface area (Å²) in [5.41, 5.74) is 0.958. The molecule has 2 heterocycles. The fourth-order valence-corrected chi connectivity index (χ4v) is 3.00. The van der Waals surface area contributed by atoms with Gasteiger partial charge in [-0.15, -0.1) is 11.3 Å². The number of thiophene rings is 1. The summed E-state index contributed by atoms with van der Waals surface area (Å²) in [6.45, 7) is 2.61. The van der Waals surface area contributed by atoms with Crippen LogP contribution in [-0.4, -0.2) is 9.67 Å². The lowest BCUT2D eigenvalue weighted by Gasteiger charge is -2.09. The quantitative estimate of drug-likeness (QED) is 0.919. The molecule has 0 amide bonds. The van der Waals surface area contributed by atoms with Crippen LogP contribution in [0.1, 0.15) is 23.6 Å². The van der Waals surface area contributed by atoms with E-state index in [2.05, 4.69) is 31.9 Å². The van der Waals surface area contributed by atoms with Crippen LogP contribution in [0, 0.1) is 0 Å². The van der Waals surface area contributed by atoms with Gasteiger partial charge >= 0.3 is 0 Å². The SMILES string of the molecule is CC(O)c1cccn1Cc1cc(Br)cs1. The fourth-order valence-electron chi connectivity index (χ4n) is 1.56. The van der Waals surface area contributed by atoms with Gasteiger partial charge in [-0.3, -0.25) is 0 Å². The second-order valence-electron chi connectivity index (χ2n) is 3.47. The highest BCUT2D eigenvalue weighted by molar-refractivity contribution is 9.10. The van der Waals surface area contributed by atoms with Crippen LogP contribution in [-0.2, 0) is 6.54 Å². The standard InChI is InChI=1S/C11H12BrNOS/c1-8(14)11-3-2-4-13(11)6-10-5-9(12)7-15-10/h2-5,7-8,14H,6H2,1H3. The number of hydrogen-bond donors (Lipinski definition) is 1. The van der Waals surface area contributed by atoms with Gasteiger partial charge in [-0.2, -0.15) is 0 Å². The predicted octanol–water partition coefficient (Wildman–Crippen LogP) is 3.41. The van der Waals surface area contributed by atoms with Crippen LogP contribution < -0.4 is 0 Å². The average molecular weight is 286 g/mol. The normalized spacial score (nSPS) is 13.0. The lowest BCUT2D eigenvalue weighted by Crippen LogP contribution is -2.04. The summed E-state index contributed by atoms with van der Waals surface area (Å²) in [5.74, 6) is 0. The molecule has 0 aliphatic heterocycles. The minimum absolute atomic E-state index is 0.414. The first-order valence-electron chi connectivity index (χ1n) is 4.73. The van der Waals surface area contributed by atoms with E-state index in [0.29, 0.717) is 0 Å². The van der Waals surface area contributed by atoms with E-state index in [4.69, 9.17) is 0 Å². The smallest absolute Gasteiger partial charge is 0.0911 e. The highest BCUT2D eigenvalue weighted by atomic mass is 79.9. The molecule has 0 bridgehead atoms. The Hall–Kier alpha value is -0.580. The number of aliphatic hydroxyl groups is 1. The van der Waals surface area contributed by atoms with Gasteiger partial charge in [-0.25, -0.2) is 0 Å². The maximum absolute atomic E-state index is 9.55. The summed E-state index contributed by atoms with van der Waals surface area (Å²) in [5, 5.41) is 11.6. The van der Waals surface area contributed by atoms with Crippen molar-refractivity contribution in [1.82, 2.24) is 4.57 Å². The molecule has 2 aromatic heterocycles. The third kappa shape index (κ3) is 2.51. The van der Waals surface area contributed by atoms with Crippen molar-refractivity contribution in [3.8, 4) is 0 Å². The fraction of sp³-hybridized carbons (Fsp3) is 0.273. The van der Waals surface area contributed by atoms with E-state index in [9.17, 15) is 5.11 Å². The predicted molar refractivity (Wildman–Crippen MR) is 66.2 cm³/mol. The lowest BCUT2D eigenvalue weighted by atomic mass is 10.3. The Bertz CT molecular complexity index is 447. The molecule has 0 saturated carbocycles. The molecule has 0 fully saturated rings. The summed E-state index contributed by atoms with van der Waals surface area (Å²) in [7, 11) is 0. The number of nitrogens with zero attached hydrogens (tertiary/aromatic N) is 1. The number of rotatable bonds is 3. The van der Waals surface area contributed by atoms with Gasteiger partial charge in [0.1, 0.15) is 0 Å². The van der Waals surface area contributed by atoms with E-state index in [-0.39, 0.29) is 0 Å². The van der Waals surface area contributed by atoms with Crippen molar-refractivity contribution in [2.24, 2.45) is 0 Å². The minimum Gasteiger partial charge on any atom is -0.387 e. The van der Waals surface area contributed by atoms with Crippen LogP contribution in [0.3, 0.4) is 0 Å². The molecule has 0 aliphatic carbocycles. The zero-order valence-corrected chi connectivity index (χ0v) is 10.8. The van der Waals surface area contributed by atoms with Crippen molar-refractivity contribution in [2.75, 3.05) is 0 Å². The molecule has 1 N–H and O–H groups in total. The molecule has 15 heavy (non-hydrogen) atoms. The summed E-state index contributed by atoms with van der Waals surface area (Å²) >= 11 is 5.15. The molecule has 0 aromatic carbocycles. The summed E-state index contributed by atoms with van der Waals surface area (Å²) < 4.78 is 3.19. The van der Waals surface area contributed by atoms with E-state index >= 15 is 0 Å². The number of aliphatic hydroxyl groups excluding tert-OH is 1. The van der Waals surface area contributed by atoms with Gasteiger partial charge < -0.3 is 9.67 Å². The van der Waals surface area contributed by atoms with Gasteiger partial charge in [-0.1, -0.05) is 0 Å². The second kappa shape index (κ2) is 4.51. The van der Waals surface area contributed by atoms with Crippen molar-refractivity contribution >= 4 is 27.3 Å². The van der Waals surface area contributed by atoms with E-state index in [1.807, 2.05) is 18.3 Å². The third-order valence-electron chi connectivity index (χ3n) is 2.24. The number of halogens is 1. The van der Waals surface area contributed by atoms with Crippen molar-refractivity contribution in [3.63, 3.8) is 0 Å². The molecule has 2 nitrogen and oxygen atoms in total. The average Bonchev–Trinajstić information content (AvgIpc) is 2.75. The zero-order valence-electron chi connectivity index (χ0n) is 8.35. The van der Waals surface area contributed by atoms with Gasteiger partial charge in [0.25, 0.3) is 0 Å². The molecule has 1 atom stereocenters. The first-order chi connectivity index (χ1) is 7.16. The second-order valence-corrected chi connectivity index (χ2v) is 5.38. The van der Waals surface area contributed by atoms with Crippen molar-refractivity contribution < 1.29 is 5.11 Å². The monoisotopic (exact) mass is 285 g/mol. The largest absolute Gasteiger partial charge is 0.387 e. The molecule has 0 saturated heterocycles. The Balaban J connectivity index is 2.20. The summed E-state index contributed by atoms with van der Waals surface area (Å²) in [4.78, 5) is 1.28. The third-order valence-corrected chi connectivity index (χ3v) is 3.92.